The molecule has 0 heterocycles. The summed E-state index contributed by atoms with van der Waals surface area (Å²) >= 11 is 0. The number of carbonyl (C=O) groups is 1. The zero-order valence-corrected chi connectivity index (χ0v) is 6.91. The van der Waals surface area contributed by atoms with Crippen LogP contribution in [-0.4, -0.2) is 14.7 Å². The lowest BCUT2D eigenvalue weighted by Gasteiger charge is -1.96. The van der Waals surface area contributed by atoms with Crippen molar-refractivity contribution in [2.45, 2.75) is 4.90 Å². The molecule has 12 heavy (non-hydrogen) atoms. The molecule has 0 amide bonds. The molecule has 0 saturated heterocycles. The van der Waals surface area contributed by atoms with Crippen LogP contribution in [0.5, 0.6) is 0 Å². The third-order valence-electron chi connectivity index (χ3n) is 1.32. The van der Waals surface area contributed by atoms with E-state index in [0.29, 0.717) is 11.8 Å². The second kappa shape index (κ2) is 3.04. The molecule has 0 aliphatic carbocycles. The van der Waals surface area contributed by atoms with Crippen molar-refractivity contribution in [3.63, 3.8) is 0 Å². The summed E-state index contributed by atoms with van der Waals surface area (Å²) in [7, 11) is -3.69. The van der Waals surface area contributed by atoms with Gasteiger partial charge < -0.3 is 0 Å². The minimum Gasteiger partial charge on any atom is -0.298 e. The van der Waals surface area contributed by atoms with Gasteiger partial charge in [0.05, 0.1) is 4.90 Å². The number of rotatable bonds is 2. The molecule has 2 N–H and O–H groups in total. The van der Waals surface area contributed by atoms with Gasteiger partial charge in [0.2, 0.25) is 10.0 Å². The van der Waals surface area contributed by atoms with Gasteiger partial charge in [-0.2, -0.15) is 0 Å². The van der Waals surface area contributed by atoms with Crippen LogP contribution >= 0.6 is 0 Å². The number of aldehydes is 1. The molecule has 64 valence electrons. The average Bonchev–Trinajstić information content (AvgIpc) is 2.03. The van der Waals surface area contributed by atoms with E-state index in [-0.39, 0.29) is 4.90 Å². The molecule has 0 unspecified atom stereocenters. The van der Waals surface area contributed by atoms with Crippen molar-refractivity contribution in [3.8, 4) is 0 Å². The van der Waals surface area contributed by atoms with Crippen molar-refractivity contribution in [1.29, 1.82) is 0 Å². The van der Waals surface area contributed by atoms with E-state index in [1.165, 1.54) is 24.3 Å². The molecule has 0 fully saturated rings. The molecule has 4 nitrogen and oxygen atoms in total. The van der Waals surface area contributed by atoms with Crippen LogP contribution in [-0.2, 0) is 10.0 Å². The van der Waals surface area contributed by atoms with Crippen LogP contribution in [0.3, 0.4) is 0 Å². The van der Waals surface area contributed by atoms with Crippen molar-refractivity contribution >= 4 is 16.3 Å². The minimum atomic E-state index is -3.69. The van der Waals surface area contributed by atoms with Crippen LogP contribution in [0, 0.1) is 0 Å². The normalized spacial score (nSPS) is 11.1. The van der Waals surface area contributed by atoms with Gasteiger partial charge in [-0.1, -0.05) is 12.1 Å². The summed E-state index contributed by atoms with van der Waals surface area (Å²) < 4.78 is 21.5. The predicted molar refractivity (Wildman–Crippen MR) is 43.2 cm³/mol. The van der Waals surface area contributed by atoms with Gasteiger partial charge in [0.1, 0.15) is 6.29 Å². The van der Waals surface area contributed by atoms with E-state index in [1.807, 2.05) is 0 Å². The molecule has 0 bridgehead atoms. The van der Waals surface area contributed by atoms with Gasteiger partial charge in [0.15, 0.2) is 0 Å². The molecule has 1 aromatic rings. The fraction of sp³-hybridized carbons (Fsp3) is 0. The molecule has 0 spiro atoms. The SMILES string of the molecule is NS(=O)(=O)c1cccc(C=O)c1. The number of hydrogen-bond acceptors (Lipinski definition) is 3. The van der Waals surface area contributed by atoms with Gasteiger partial charge in [0, 0.05) is 5.56 Å². The number of hydrogen-bond donors (Lipinski definition) is 1. The smallest absolute Gasteiger partial charge is 0.238 e. The van der Waals surface area contributed by atoms with Crippen molar-refractivity contribution in [1.82, 2.24) is 0 Å². The Morgan fingerprint density at radius 1 is 1.33 bits per heavy atom. The van der Waals surface area contributed by atoms with E-state index in [1.54, 1.807) is 0 Å². The zero-order chi connectivity index (χ0) is 9.19. The summed E-state index contributed by atoms with van der Waals surface area (Å²) in [6, 6.07) is 5.52. The number of sulfonamides is 1. The van der Waals surface area contributed by atoms with E-state index in [0.717, 1.165) is 0 Å². The van der Waals surface area contributed by atoms with Crippen LogP contribution < -0.4 is 5.14 Å². The minimum absolute atomic E-state index is 0.0490. The molecule has 1 rings (SSSR count). The highest BCUT2D eigenvalue weighted by atomic mass is 32.2. The number of benzene rings is 1. The van der Waals surface area contributed by atoms with Gasteiger partial charge in [-0.15, -0.1) is 0 Å². The summed E-state index contributed by atoms with van der Waals surface area (Å²) in [4.78, 5) is 10.2. The molecule has 0 aromatic heterocycles. The Bertz CT molecular complexity index is 397. The van der Waals surface area contributed by atoms with Crippen LogP contribution in [0.25, 0.3) is 0 Å². The van der Waals surface area contributed by atoms with Crippen LogP contribution in [0.15, 0.2) is 29.2 Å². The summed E-state index contributed by atoms with van der Waals surface area (Å²) in [6.45, 7) is 0. The standard InChI is InChI=1S/C7H7NO3S/c8-12(10,11)7-3-1-2-6(4-7)5-9/h1-5H,(H2,8,10,11). The van der Waals surface area contributed by atoms with Crippen molar-refractivity contribution in [2.24, 2.45) is 5.14 Å². The number of carbonyl (C=O) groups excluding carboxylic acids is 1. The third kappa shape index (κ3) is 1.90. The average molecular weight is 185 g/mol. The van der Waals surface area contributed by atoms with Gasteiger partial charge in [-0.3, -0.25) is 4.79 Å². The van der Waals surface area contributed by atoms with E-state index < -0.39 is 10.0 Å². The third-order valence-corrected chi connectivity index (χ3v) is 2.23. The highest BCUT2D eigenvalue weighted by Crippen LogP contribution is 2.07. The maximum Gasteiger partial charge on any atom is 0.238 e. The summed E-state index contributed by atoms with van der Waals surface area (Å²) in [5.41, 5.74) is 0.293. The maximum absolute atomic E-state index is 10.8. The predicted octanol–water partition coefficient (Wildman–Crippen LogP) is 0.147. The molecule has 5 heteroatoms. The highest BCUT2D eigenvalue weighted by molar-refractivity contribution is 7.89. The van der Waals surface area contributed by atoms with Gasteiger partial charge >= 0.3 is 0 Å². The molecule has 0 saturated carbocycles. The zero-order valence-electron chi connectivity index (χ0n) is 6.10. The van der Waals surface area contributed by atoms with Gasteiger partial charge in [0.25, 0.3) is 0 Å². The Morgan fingerprint density at radius 2 is 2.00 bits per heavy atom. The van der Waals surface area contributed by atoms with Crippen LogP contribution in [0.2, 0.25) is 0 Å². The fourth-order valence-electron chi connectivity index (χ4n) is 0.765. The summed E-state index contributed by atoms with van der Waals surface area (Å²) in [6.07, 6.45) is 0.564. The summed E-state index contributed by atoms with van der Waals surface area (Å²) in [5.74, 6) is 0. The maximum atomic E-state index is 10.8. The lowest BCUT2D eigenvalue weighted by atomic mass is 10.2. The Labute approximate surface area is 70.1 Å². The first-order chi connectivity index (χ1) is 5.54. The van der Waals surface area contributed by atoms with Crippen molar-refractivity contribution < 1.29 is 13.2 Å². The first-order valence-corrected chi connectivity index (χ1v) is 4.67. The molecule has 1 aromatic carbocycles. The topological polar surface area (TPSA) is 77.2 Å². The van der Waals surface area contributed by atoms with E-state index in [9.17, 15) is 13.2 Å². The monoisotopic (exact) mass is 185 g/mol. The summed E-state index contributed by atoms with van der Waals surface area (Å²) in [5, 5.41) is 4.84. The second-order valence-electron chi connectivity index (χ2n) is 2.24. The van der Waals surface area contributed by atoms with Gasteiger partial charge in [-0.05, 0) is 12.1 Å². The first-order valence-electron chi connectivity index (χ1n) is 3.12. The van der Waals surface area contributed by atoms with Gasteiger partial charge in [-0.25, -0.2) is 13.6 Å². The lowest BCUT2D eigenvalue weighted by molar-refractivity contribution is 0.112. The van der Waals surface area contributed by atoms with Crippen LogP contribution in [0.1, 0.15) is 10.4 Å². The fourth-order valence-corrected chi connectivity index (χ4v) is 1.33. The second-order valence-corrected chi connectivity index (χ2v) is 3.80. The van der Waals surface area contributed by atoms with Crippen LogP contribution in [0.4, 0.5) is 0 Å². The molecule has 0 aliphatic rings. The van der Waals surface area contributed by atoms with Crippen molar-refractivity contribution in [3.05, 3.63) is 29.8 Å². The Hall–Kier alpha value is -1.20. The first kappa shape index (κ1) is 8.89. The quantitative estimate of drug-likeness (QED) is 0.666. The van der Waals surface area contributed by atoms with Crippen molar-refractivity contribution in [2.75, 3.05) is 0 Å². The Balaban J connectivity index is 3.29. The van der Waals surface area contributed by atoms with E-state index in [4.69, 9.17) is 5.14 Å². The molecular weight excluding hydrogens is 178 g/mol. The van der Waals surface area contributed by atoms with E-state index in [2.05, 4.69) is 0 Å². The Morgan fingerprint density at radius 3 is 2.50 bits per heavy atom. The number of primary sulfonamides is 1. The Kier molecular flexibility index (Phi) is 2.25. The molecule has 0 atom stereocenters. The number of nitrogens with two attached hydrogens (primary N) is 1. The molecule has 0 aliphatic heterocycles. The molecular formula is C7H7NO3S. The largest absolute Gasteiger partial charge is 0.298 e. The molecule has 0 radical (unpaired) electrons. The van der Waals surface area contributed by atoms with E-state index >= 15 is 0 Å². The lowest BCUT2D eigenvalue weighted by Crippen LogP contribution is -2.12. The highest BCUT2D eigenvalue weighted by Gasteiger charge is 2.06.